The topological polar surface area (TPSA) is 158 Å². The molecule has 1 heterocycles. The SMILES string of the molecule is CC.CC(C)C(C)NC(=O)CCOCCOCCCCCOCCNC(=O)CCO.CCC(C)N/C1=C(\N)c2ccccc2[N-]Cc2ccccc21.[Y]. The number of nitrogens with zero attached hydrogens (tertiary/aromatic N) is 1. The summed E-state index contributed by atoms with van der Waals surface area (Å²) in [6.45, 7) is 18.8. The fourth-order valence-corrected chi connectivity index (χ4v) is 4.81. The van der Waals surface area contributed by atoms with Crippen molar-refractivity contribution in [2.45, 2.75) is 106 Å². The van der Waals surface area contributed by atoms with Gasteiger partial charge in [0.15, 0.2) is 0 Å². The van der Waals surface area contributed by atoms with Crippen LogP contribution in [0.25, 0.3) is 16.7 Å². The number of benzene rings is 2. The average Bonchev–Trinajstić information content (AvgIpc) is 3.15. The second kappa shape index (κ2) is 31.8. The van der Waals surface area contributed by atoms with Crippen molar-refractivity contribution in [3.63, 3.8) is 0 Å². The van der Waals surface area contributed by atoms with Crippen molar-refractivity contribution in [1.29, 1.82) is 0 Å². The Bertz CT molecular complexity index is 1290. The van der Waals surface area contributed by atoms with Crippen LogP contribution < -0.4 is 21.7 Å². The van der Waals surface area contributed by atoms with Crippen molar-refractivity contribution in [1.82, 2.24) is 16.0 Å². The van der Waals surface area contributed by atoms with Crippen LogP contribution in [0.1, 0.15) is 104 Å². The van der Waals surface area contributed by atoms with E-state index in [4.69, 9.17) is 30.4 Å². The first-order valence-electron chi connectivity index (χ1n) is 19.2. The van der Waals surface area contributed by atoms with Gasteiger partial charge in [0, 0.05) is 83.0 Å². The van der Waals surface area contributed by atoms with Crippen molar-refractivity contribution in [2.75, 3.05) is 52.8 Å². The number of nitrogens with one attached hydrogen (secondary N) is 3. The smallest absolute Gasteiger partial charge is 0.222 e. The Kier molecular flexibility index (Phi) is 30.3. The van der Waals surface area contributed by atoms with E-state index < -0.39 is 0 Å². The quantitative estimate of drug-likeness (QED) is 0.0827. The molecule has 2 atom stereocenters. The molecule has 2 aromatic rings. The molecule has 11 nitrogen and oxygen atoms in total. The molecule has 0 bridgehead atoms. The number of nitrogens with two attached hydrogens (primary N) is 1. The molecule has 1 aliphatic heterocycles. The summed E-state index contributed by atoms with van der Waals surface area (Å²) >= 11 is 0. The summed E-state index contributed by atoms with van der Waals surface area (Å²) in [5.41, 5.74) is 12.6. The van der Waals surface area contributed by atoms with Crippen LogP contribution >= 0.6 is 0 Å². The van der Waals surface area contributed by atoms with Gasteiger partial charge in [0.05, 0.1) is 44.4 Å². The molecule has 0 fully saturated rings. The van der Waals surface area contributed by atoms with E-state index in [1.165, 1.54) is 5.56 Å². The van der Waals surface area contributed by atoms with Crippen LogP contribution in [0, 0.1) is 5.92 Å². The summed E-state index contributed by atoms with van der Waals surface area (Å²) < 4.78 is 16.3. The first-order chi connectivity index (χ1) is 25.2. The predicted molar refractivity (Wildman–Crippen MR) is 213 cm³/mol. The number of ether oxygens (including phenoxy) is 3. The standard InChI is InChI=1S/C20H40N2O6.C19H22N3.C2H6.Y/c1-17(2)18(3)22-20(25)8-13-28-16-15-27-12-6-4-5-11-26-14-9-21-19(24)7-10-23;1-3-13(2)22-19-15-9-5-4-8-14(15)12-21-17-11-7-6-10-16(17)18(19)20;1-2;/h17-18,23H,4-16H2,1-3H3,(H,21,24)(H,22,25);4-11,13,22H,3,12,20H2,1-2H3;1-2H3;/q;-1;;/b;19-18-;;. The fourth-order valence-electron chi connectivity index (χ4n) is 4.81. The number of para-hydroxylation sites is 1. The third-order valence-electron chi connectivity index (χ3n) is 8.39. The Morgan fingerprint density at radius 3 is 2.06 bits per heavy atom. The zero-order valence-corrected chi connectivity index (χ0v) is 36.4. The number of aliphatic hydroxyl groups excluding tert-OH is 1. The Labute approximate surface area is 345 Å². The Hall–Kier alpha value is -2.54. The van der Waals surface area contributed by atoms with Gasteiger partial charge < -0.3 is 46.3 Å². The van der Waals surface area contributed by atoms with Gasteiger partial charge in [0.1, 0.15) is 0 Å². The van der Waals surface area contributed by atoms with Crippen LogP contribution in [0.4, 0.5) is 5.69 Å². The first-order valence-corrected chi connectivity index (χ1v) is 19.2. The van der Waals surface area contributed by atoms with Crippen molar-refractivity contribution in [3.05, 3.63) is 70.5 Å². The van der Waals surface area contributed by atoms with E-state index in [0.29, 0.717) is 71.1 Å². The molecule has 297 valence electrons. The minimum atomic E-state index is -0.156. The van der Waals surface area contributed by atoms with E-state index in [9.17, 15) is 9.59 Å². The minimum absolute atomic E-state index is 0. The molecule has 0 aliphatic carbocycles. The molecule has 53 heavy (non-hydrogen) atoms. The van der Waals surface area contributed by atoms with Gasteiger partial charge in [-0.25, -0.2) is 0 Å². The van der Waals surface area contributed by atoms with Crippen LogP contribution in [-0.4, -0.2) is 81.8 Å². The van der Waals surface area contributed by atoms with Crippen molar-refractivity contribution in [3.8, 4) is 0 Å². The van der Waals surface area contributed by atoms with Crippen LogP contribution in [0.5, 0.6) is 0 Å². The molecule has 2 aromatic carbocycles. The van der Waals surface area contributed by atoms with Gasteiger partial charge >= 0.3 is 0 Å². The molecular weight excluding hydrogens is 747 g/mol. The molecule has 0 saturated carbocycles. The van der Waals surface area contributed by atoms with Gasteiger partial charge in [-0.1, -0.05) is 88.7 Å². The molecule has 0 aromatic heterocycles. The van der Waals surface area contributed by atoms with E-state index in [-0.39, 0.29) is 63.6 Å². The van der Waals surface area contributed by atoms with E-state index in [1.807, 2.05) is 45.0 Å². The maximum absolute atomic E-state index is 11.7. The molecule has 2 amide bonds. The normalized spacial score (nSPS) is 14.1. The van der Waals surface area contributed by atoms with Gasteiger partial charge in [-0.05, 0) is 51.0 Å². The number of amides is 2. The number of fused-ring (bicyclic) bond motifs is 2. The van der Waals surface area contributed by atoms with Crippen LogP contribution in [-0.2, 0) is 63.1 Å². The van der Waals surface area contributed by atoms with E-state index in [2.05, 4.69) is 67.9 Å². The Morgan fingerprint density at radius 2 is 1.42 bits per heavy atom. The molecule has 1 radical (unpaired) electrons. The third-order valence-corrected chi connectivity index (χ3v) is 8.39. The average molecular weight is 816 g/mol. The molecule has 3 rings (SSSR count). The zero-order valence-electron chi connectivity index (χ0n) is 33.5. The Morgan fingerprint density at radius 1 is 0.811 bits per heavy atom. The number of unbranched alkanes of at least 4 members (excludes halogenated alkanes) is 2. The summed E-state index contributed by atoms with van der Waals surface area (Å²) in [6, 6.07) is 17.0. The van der Waals surface area contributed by atoms with Gasteiger partial charge in [-0.3, -0.25) is 9.59 Å². The number of rotatable bonds is 22. The molecule has 6 N–H and O–H groups in total. The molecule has 1 aliphatic rings. The predicted octanol–water partition coefficient (Wildman–Crippen LogP) is 6.66. The summed E-state index contributed by atoms with van der Waals surface area (Å²) in [5, 5.41) is 22.5. The molecule has 0 saturated heterocycles. The third kappa shape index (κ3) is 21.8. The van der Waals surface area contributed by atoms with Crippen molar-refractivity contribution in [2.24, 2.45) is 11.7 Å². The Balaban J connectivity index is 0.000000974. The fraction of sp³-hybridized carbons (Fsp3) is 0.610. The molecule has 12 heteroatoms. The van der Waals surface area contributed by atoms with Crippen molar-refractivity contribution < 1.29 is 61.6 Å². The van der Waals surface area contributed by atoms with Crippen LogP contribution in [0.15, 0.2) is 48.5 Å². The van der Waals surface area contributed by atoms with Crippen LogP contribution in [0.3, 0.4) is 0 Å². The van der Waals surface area contributed by atoms with Gasteiger partial charge in [-0.15, -0.1) is 12.2 Å². The summed E-state index contributed by atoms with van der Waals surface area (Å²) in [4.78, 5) is 22.8. The first kappa shape index (κ1) is 50.5. The molecular formula is C41H68N5O6Y-. The zero-order chi connectivity index (χ0) is 38.6. The van der Waals surface area contributed by atoms with Gasteiger partial charge in [-0.2, -0.15) is 0 Å². The second-order valence-electron chi connectivity index (χ2n) is 12.8. The van der Waals surface area contributed by atoms with Crippen molar-refractivity contribution >= 4 is 28.9 Å². The maximum atomic E-state index is 11.7. The van der Waals surface area contributed by atoms with Gasteiger partial charge in [0.25, 0.3) is 0 Å². The summed E-state index contributed by atoms with van der Waals surface area (Å²) in [6.07, 6.45) is 4.50. The van der Waals surface area contributed by atoms with Crippen LogP contribution in [0.2, 0.25) is 0 Å². The maximum Gasteiger partial charge on any atom is 0.222 e. The second-order valence-corrected chi connectivity index (χ2v) is 12.8. The minimum Gasteiger partial charge on any atom is -0.680 e. The largest absolute Gasteiger partial charge is 0.680 e. The van der Waals surface area contributed by atoms with E-state index in [0.717, 1.165) is 53.9 Å². The number of carbonyl (C=O) groups is 2. The number of aliphatic hydroxyl groups is 1. The van der Waals surface area contributed by atoms with Gasteiger partial charge in [0.2, 0.25) is 11.8 Å². The molecule has 0 spiro atoms. The molecule has 2 unspecified atom stereocenters. The number of hydrogen-bond acceptors (Lipinski definition) is 8. The monoisotopic (exact) mass is 815 g/mol. The summed E-state index contributed by atoms with van der Waals surface area (Å²) in [5.74, 6) is 0.294. The number of carbonyl (C=O) groups excluding carboxylic acids is 2. The summed E-state index contributed by atoms with van der Waals surface area (Å²) in [7, 11) is 0. The van der Waals surface area contributed by atoms with E-state index in [1.54, 1.807) is 0 Å². The number of hydrogen-bond donors (Lipinski definition) is 5. The van der Waals surface area contributed by atoms with E-state index >= 15 is 0 Å².